The number of rotatable bonds is 8. The van der Waals surface area contributed by atoms with Gasteiger partial charge in [-0.05, 0) is 30.7 Å². The average Bonchev–Trinajstić information content (AvgIpc) is 3.27. The van der Waals surface area contributed by atoms with E-state index in [4.69, 9.17) is 13.9 Å². The highest BCUT2D eigenvalue weighted by molar-refractivity contribution is 5.94. The number of carbonyl (C=O) groups excluding carboxylic acids is 2. The van der Waals surface area contributed by atoms with Crippen molar-refractivity contribution in [2.45, 2.75) is 19.6 Å². The van der Waals surface area contributed by atoms with Crippen LogP contribution < -0.4 is 10.1 Å². The number of hydrogen-bond acceptors (Lipinski definition) is 5. The summed E-state index contributed by atoms with van der Waals surface area (Å²) in [7, 11) is 0. The highest BCUT2D eigenvalue weighted by atomic mass is 16.5. The molecule has 0 spiro atoms. The molecule has 3 aromatic rings. The van der Waals surface area contributed by atoms with Crippen molar-refractivity contribution in [3.63, 3.8) is 0 Å². The molecule has 1 heterocycles. The predicted molar refractivity (Wildman–Crippen MR) is 103 cm³/mol. The second-order valence-corrected chi connectivity index (χ2v) is 5.94. The van der Waals surface area contributed by atoms with Gasteiger partial charge in [0, 0.05) is 5.56 Å². The third-order valence-corrected chi connectivity index (χ3v) is 4.03. The molecule has 0 aliphatic heterocycles. The first-order chi connectivity index (χ1) is 13.7. The van der Waals surface area contributed by atoms with Crippen LogP contribution in [0.2, 0.25) is 0 Å². The largest absolute Gasteiger partial charge is 0.493 e. The van der Waals surface area contributed by atoms with E-state index in [1.54, 1.807) is 30.3 Å². The van der Waals surface area contributed by atoms with Crippen LogP contribution in [0.5, 0.6) is 5.75 Å². The van der Waals surface area contributed by atoms with Crippen LogP contribution in [0, 0.1) is 0 Å². The number of para-hydroxylation sites is 1. The minimum Gasteiger partial charge on any atom is -0.493 e. The van der Waals surface area contributed by atoms with Crippen LogP contribution in [0.15, 0.2) is 77.4 Å². The highest BCUT2D eigenvalue weighted by Gasteiger charge is 2.26. The molecular formula is C22H21NO5. The Kier molecular flexibility index (Phi) is 6.46. The lowest BCUT2D eigenvalue weighted by atomic mass is 10.1. The Hall–Kier alpha value is -3.54. The molecule has 6 heteroatoms. The number of carbonyl (C=O) groups is 2. The molecule has 1 aromatic heterocycles. The number of hydrogen-bond donors (Lipinski definition) is 1. The van der Waals surface area contributed by atoms with Crippen molar-refractivity contribution in [2.24, 2.45) is 0 Å². The standard InChI is InChI=1S/C22H21NO5/c1-2-26-18-12-7-6-11-17(18)15-28-22(25)20(16-9-4-3-5-10-16)23-21(24)19-13-8-14-27-19/h3-14,20H,2,15H2,1H3,(H,23,24). The van der Waals surface area contributed by atoms with Crippen LogP contribution in [0.3, 0.4) is 0 Å². The minimum absolute atomic E-state index is 0.0367. The van der Waals surface area contributed by atoms with E-state index < -0.39 is 17.9 Å². The molecule has 0 saturated heterocycles. The fourth-order valence-electron chi connectivity index (χ4n) is 2.69. The van der Waals surface area contributed by atoms with Crippen LogP contribution in [-0.4, -0.2) is 18.5 Å². The topological polar surface area (TPSA) is 77.8 Å². The number of amides is 1. The van der Waals surface area contributed by atoms with Gasteiger partial charge in [0.25, 0.3) is 5.91 Å². The summed E-state index contributed by atoms with van der Waals surface area (Å²) in [6.07, 6.45) is 1.40. The van der Waals surface area contributed by atoms with E-state index in [2.05, 4.69) is 5.32 Å². The summed E-state index contributed by atoms with van der Waals surface area (Å²) in [4.78, 5) is 25.2. The van der Waals surface area contributed by atoms with E-state index in [9.17, 15) is 9.59 Å². The van der Waals surface area contributed by atoms with Crippen LogP contribution in [-0.2, 0) is 16.1 Å². The van der Waals surface area contributed by atoms with Gasteiger partial charge in [-0.3, -0.25) is 4.79 Å². The zero-order chi connectivity index (χ0) is 19.8. The fraction of sp³-hybridized carbons (Fsp3) is 0.182. The first-order valence-corrected chi connectivity index (χ1v) is 8.95. The molecule has 0 fully saturated rings. The van der Waals surface area contributed by atoms with Gasteiger partial charge in [-0.15, -0.1) is 0 Å². The number of nitrogens with one attached hydrogen (secondary N) is 1. The molecule has 6 nitrogen and oxygen atoms in total. The van der Waals surface area contributed by atoms with Gasteiger partial charge in [0.05, 0.1) is 12.9 Å². The van der Waals surface area contributed by atoms with E-state index in [0.717, 1.165) is 5.56 Å². The quantitative estimate of drug-likeness (QED) is 0.601. The molecule has 1 amide bonds. The fourth-order valence-corrected chi connectivity index (χ4v) is 2.69. The Morgan fingerprint density at radius 3 is 2.46 bits per heavy atom. The lowest BCUT2D eigenvalue weighted by Gasteiger charge is -2.18. The second-order valence-electron chi connectivity index (χ2n) is 5.94. The molecule has 0 radical (unpaired) electrons. The smallest absolute Gasteiger partial charge is 0.333 e. The molecule has 1 unspecified atom stereocenters. The SMILES string of the molecule is CCOc1ccccc1COC(=O)C(NC(=O)c1ccco1)c1ccccc1. The first-order valence-electron chi connectivity index (χ1n) is 8.95. The normalized spacial score (nSPS) is 11.5. The Balaban J connectivity index is 1.74. The van der Waals surface area contributed by atoms with Gasteiger partial charge in [-0.25, -0.2) is 4.79 Å². The van der Waals surface area contributed by atoms with Gasteiger partial charge in [0.15, 0.2) is 11.8 Å². The van der Waals surface area contributed by atoms with Gasteiger partial charge in [0.2, 0.25) is 0 Å². The number of furan rings is 1. The minimum atomic E-state index is -0.960. The predicted octanol–water partition coefficient (Wildman–Crippen LogP) is 3.89. The Labute approximate surface area is 163 Å². The lowest BCUT2D eigenvalue weighted by molar-refractivity contribution is -0.147. The molecular weight excluding hydrogens is 358 g/mol. The van der Waals surface area contributed by atoms with Crippen LogP contribution in [0.1, 0.15) is 34.6 Å². The van der Waals surface area contributed by atoms with Gasteiger partial charge < -0.3 is 19.2 Å². The molecule has 0 saturated carbocycles. The molecule has 2 aromatic carbocycles. The van der Waals surface area contributed by atoms with Gasteiger partial charge >= 0.3 is 5.97 Å². The van der Waals surface area contributed by atoms with Crippen LogP contribution in [0.25, 0.3) is 0 Å². The van der Waals surface area contributed by atoms with Crippen molar-refractivity contribution in [1.29, 1.82) is 0 Å². The molecule has 0 bridgehead atoms. The maximum absolute atomic E-state index is 12.8. The average molecular weight is 379 g/mol. The highest BCUT2D eigenvalue weighted by Crippen LogP contribution is 2.21. The number of ether oxygens (including phenoxy) is 2. The van der Waals surface area contributed by atoms with E-state index in [0.29, 0.717) is 17.9 Å². The summed E-state index contributed by atoms with van der Waals surface area (Å²) in [5.41, 5.74) is 1.37. The Bertz CT molecular complexity index is 906. The summed E-state index contributed by atoms with van der Waals surface area (Å²) in [5, 5.41) is 2.67. The van der Waals surface area contributed by atoms with Gasteiger partial charge in [0.1, 0.15) is 12.4 Å². The van der Waals surface area contributed by atoms with E-state index in [1.165, 1.54) is 12.3 Å². The summed E-state index contributed by atoms with van der Waals surface area (Å²) < 4.78 is 16.1. The molecule has 0 aliphatic rings. The monoisotopic (exact) mass is 379 g/mol. The van der Waals surface area contributed by atoms with Crippen molar-refractivity contribution >= 4 is 11.9 Å². The van der Waals surface area contributed by atoms with Crippen LogP contribution >= 0.6 is 0 Å². The summed E-state index contributed by atoms with van der Waals surface area (Å²) in [5.74, 6) is -0.285. The van der Waals surface area contributed by atoms with Crippen molar-refractivity contribution in [1.82, 2.24) is 5.32 Å². The zero-order valence-electron chi connectivity index (χ0n) is 15.5. The lowest BCUT2D eigenvalue weighted by Crippen LogP contribution is -2.34. The summed E-state index contributed by atoms with van der Waals surface area (Å²) in [6, 6.07) is 18.4. The Morgan fingerprint density at radius 2 is 1.75 bits per heavy atom. The zero-order valence-corrected chi connectivity index (χ0v) is 15.5. The molecule has 0 aliphatic carbocycles. The molecule has 1 atom stereocenters. The van der Waals surface area contributed by atoms with Crippen LogP contribution in [0.4, 0.5) is 0 Å². The Morgan fingerprint density at radius 1 is 1.00 bits per heavy atom. The number of benzene rings is 2. The second kappa shape index (κ2) is 9.41. The number of esters is 1. The maximum Gasteiger partial charge on any atom is 0.333 e. The van der Waals surface area contributed by atoms with Crippen molar-refractivity contribution in [2.75, 3.05) is 6.61 Å². The maximum atomic E-state index is 12.8. The van der Waals surface area contributed by atoms with Crippen molar-refractivity contribution in [3.8, 4) is 5.75 Å². The molecule has 144 valence electrons. The van der Waals surface area contributed by atoms with Gasteiger partial charge in [-0.2, -0.15) is 0 Å². The van der Waals surface area contributed by atoms with E-state index >= 15 is 0 Å². The van der Waals surface area contributed by atoms with Crippen molar-refractivity contribution in [3.05, 3.63) is 89.9 Å². The summed E-state index contributed by atoms with van der Waals surface area (Å²) >= 11 is 0. The van der Waals surface area contributed by atoms with E-state index in [1.807, 2.05) is 37.3 Å². The van der Waals surface area contributed by atoms with E-state index in [-0.39, 0.29) is 12.4 Å². The third kappa shape index (κ3) is 4.79. The molecule has 1 N–H and O–H groups in total. The molecule has 3 rings (SSSR count). The summed E-state index contributed by atoms with van der Waals surface area (Å²) in [6.45, 7) is 2.43. The third-order valence-electron chi connectivity index (χ3n) is 4.03. The molecule has 28 heavy (non-hydrogen) atoms. The van der Waals surface area contributed by atoms with Crippen molar-refractivity contribution < 1.29 is 23.5 Å². The first kappa shape index (κ1) is 19.2. The van der Waals surface area contributed by atoms with Gasteiger partial charge in [-0.1, -0.05) is 48.5 Å².